The van der Waals surface area contributed by atoms with E-state index in [0.29, 0.717) is 33.7 Å². The smallest absolute Gasteiger partial charge is 0.269 e. The molecule has 146 valence electrons. The van der Waals surface area contributed by atoms with Gasteiger partial charge in [-0.2, -0.15) is 5.26 Å². The number of hydrogen-bond acceptors (Lipinski definition) is 6. The Balaban J connectivity index is 1.67. The molecule has 2 aromatic carbocycles. The Morgan fingerprint density at radius 2 is 2.00 bits per heavy atom. The number of carbonyl (C=O) groups is 1. The van der Waals surface area contributed by atoms with Gasteiger partial charge in [0.2, 0.25) is 5.91 Å². The Morgan fingerprint density at radius 3 is 2.69 bits per heavy atom. The summed E-state index contributed by atoms with van der Waals surface area (Å²) in [4.78, 5) is 27.2. The predicted molar refractivity (Wildman–Crippen MR) is 111 cm³/mol. The van der Waals surface area contributed by atoms with Gasteiger partial charge in [-0.3, -0.25) is 19.8 Å². The van der Waals surface area contributed by atoms with Gasteiger partial charge in [0.05, 0.1) is 34.1 Å². The minimum atomic E-state index is -0.478. The van der Waals surface area contributed by atoms with Crippen molar-refractivity contribution >= 4 is 40.6 Å². The first-order chi connectivity index (χ1) is 14.0. The first-order valence-electron chi connectivity index (χ1n) is 8.80. The molecular formula is C20H15ClN4O3S. The lowest BCUT2D eigenvalue weighted by Gasteiger charge is -2.42. The first kappa shape index (κ1) is 19.3. The second kappa shape index (κ2) is 7.78. The van der Waals surface area contributed by atoms with Crippen molar-refractivity contribution in [1.29, 1.82) is 5.26 Å². The Hall–Kier alpha value is -3.02. The first-order valence-corrected chi connectivity index (χ1v) is 10.2. The Morgan fingerprint density at radius 1 is 1.24 bits per heavy atom. The van der Waals surface area contributed by atoms with E-state index in [2.05, 4.69) is 6.07 Å². The molecule has 7 nitrogen and oxygen atoms in total. The average Bonchev–Trinajstić information content (AvgIpc) is 2.74. The van der Waals surface area contributed by atoms with E-state index in [0.717, 1.165) is 5.69 Å². The zero-order chi connectivity index (χ0) is 20.5. The van der Waals surface area contributed by atoms with Gasteiger partial charge >= 0.3 is 0 Å². The van der Waals surface area contributed by atoms with Crippen LogP contribution in [0.15, 0.2) is 59.1 Å². The van der Waals surface area contributed by atoms with Crippen molar-refractivity contribution in [2.45, 2.75) is 12.3 Å². The molecule has 9 heteroatoms. The second-order valence-electron chi connectivity index (χ2n) is 6.69. The van der Waals surface area contributed by atoms with Gasteiger partial charge < -0.3 is 4.90 Å². The van der Waals surface area contributed by atoms with Gasteiger partial charge in [-0.1, -0.05) is 35.5 Å². The van der Waals surface area contributed by atoms with E-state index in [1.165, 1.54) is 23.9 Å². The van der Waals surface area contributed by atoms with Crippen molar-refractivity contribution in [3.63, 3.8) is 0 Å². The molecule has 2 aliphatic heterocycles. The van der Waals surface area contributed by atoms with Gasteiger partial charge in [-0.15, -0.1) is 0 Å². The number of thioether (sulfide) groups is 1. The number of halogens is 1. The van der Waals surface area contributed by atoms with Crippen molar-refractivity contribution in [1.82, 2.24) is 4.90 Å². The van der Waals surface area contributed by atoms with Gasteiger partial charge in [0, 0.05) is 35.2 Å². The lowest BCUT2D eigenvalue weighted by molar-refractivity contribution is -0.384. The zero-order valence-electron chi connectivity index (χ0n) is 15.1. The fraction of sp³-hybridized carbons (Fsp3) is 0.200. The minimum Gasteiger partial charge on any atom is -0.344 e. The van der Waals surface area contributed by atoms with Crippen LogP contribution in [0.25, 0.3) is 0 Å². The number of non-ortho nitro benzene ring substituents is 1. The number of carbonyl (C=O) groups excluding carboxylic acids is 1. The molecule has 1 atom stereocenters. The topological polar surface area (TPSA) is 90.5 Å². The number of allylic oxidation sites excluding steroid dienone is 1. The molecule has 0 bridgehead atoms. The highest BCUT2D eigenvalue weighted by molar-refractivity contribution is 8.03. The predicted octanol–water partition coefficient (Wildman–Crippen LogP) is 4.47. The van der Waals surface area contributed by atoms with Crippen LogP contribution in [0.1, 0.15) is 17.9 Å². The van der Waals surface area contributed by atoms with Gasteiger partial charge in [-0.05, 0) is 29.8 Å². The third-order valence-electron chi connectivity index (χ3n) is 4.97. The lowest BCUT2D eigenvalue weighted by Crippen LogP contribution is -2.47. The molecule has 0 spiro atoms. The standard InChI is InChI=1S/C20H15ClN4O3S/c21-14-4-6-15(7-5-14)23-11-24-19(26)9-17(18(10-22)20(24)29-12-23)13-2-1-3-16(8-13)25(27)28/h1-8,17H,9,11-12H2. The van der Waals surface area contributed by atoms with Crippen LogP contribution >= 0.6 is 23.4 Å². The van der Waals surface area contributed by atoms with E-state index in [1.807, 2.05) is 17.0 Å². The SMILES string of the molecule is N#CC1=C2SCN(c3ccc(Cl)cc3)CN2C(=O)CC1c1cccc([N+](=O)[O-])c1. The summed E-state index contributed by atoms with van der Waals surface area (Å²) in [6.45, 7) is 0.343. The number of nitrogens with zero attached hydrogens (tertiary/aromatic N) is 4. The Bertz CT molecular complexity index is 1060. The molecule has 1 amide bonds. The van der Waals surface area contributed by atoms with Crippen LogP contribution in [0, 0.1) is 21.4 Å². The maximum Gasteiger partial charge on any atom is 0.269 e. The van der Waals surface area contributed by atoms with E-state index >= 15 is 0 Å². The molecule has 29 heavy (non-hydrogen) atoms. The average molecular weight is 427 g/mol. The summed E-state index contributed by atoms with van der Waals surface area (Å²) in [6.07, 6.45) is 0.0998. The second-order valence-corrected chi connectivity index (χ2v) is 8.06. The highest BCUT2D eigenvalue weighted by Gasteiger charge is 2.38. The molecule has 1 saturated heterocycles. The molecule has 1 fully saturated rings. The summed E-state index contributed by atoms with van der Waals surface area (Å²) in [5, 5.41) is 22.2. The number of amides is 1. The van der Waals surface area contributed by atoms with Crippen LogP contribution in [-0.4, -0.2) is 28.3 Å². The number of nitro benzene ring substituents is 1. The number of rotatable bonds is 3. The number of anilines is 1. The van der Waals surface area contributed by atoms with Crippen LogP contribution < -0.4 is 4.90 Å². The highest BCUT2D eigenvalue weighted by atomic mass is 35.5. The summed E-state index contributed by atoms with van der Waals surface area (Å²) in [7, 11) is 0. The largest absolute Gasteiger partial charge is 0.344 e. The fourth-order valence-electron chi connectivity index (χ4n) is 3.52. The molecular weight excluding hydrogens is 412 g/mol. The third kappa shape index (κ3) is 3.67. The van der Waals surface area contributed by atoms with E-state index in [-0.39, 0.29) is 18.0 Å². The molecule has 0 radical (unpaired) electrons. The van der Waals surface area contributed by atoms with Crippen LogP contribution in [-0.2, 0) is 4.79 Å². The summed E-state index contributed by atoms with van der Waals surface area (Å²) in [5.74, 6) is -0.0111. The van der Waals surface area contributed by atoms with E-state index in [9.17, 15) is 20.2 Å². The minimum absolute atomic E-state index is 0.0510. The molecule has 2 aliphatic rings. The lowest BCUT2D eigenvalue weighted by atomic mass is 9.86. The number of hydrogen-bond donors (Lipinski definition) is 0. The summed E-state index contributed by atoms with van der Waals surface area (Å²) in [5.41, 5.74) is 1.97. The maximum absolute atomic E-state index is 12.9. The van der Waals surface area contributed by atoms with Crippen molar-refractivity contribution in [3.05, 3.63) is 79.8 Å². The van der Waals surface area contributed by atoms with Crippen LogP contribution in [0.5, 0.6) is 0 Å². The number of nitriles is 1. The molecule has 2 aromatic rings. The van der Waals surface area contributed by atoms with Gasteiger partial charge in [0.1, 0.15) is 0 Å². The van der Waals surface area contributed by atoms with Crippen molar-refractivity contribution in [2.24, 2.45) is 0 Å². The van der Waals surface area contributed by atoms with Crippen molar-refractivity contribution in [2.75, 3.05) is 17.4 Å². The van der Waals surface area contributed by atoms with E-state index < -0.39 is 10.8 Å². The highest BCUT2D eigenvalue weighted by Crippen LogP contribution is 2.43. The number of benzene rings is 2. The van der Waals surface area contributed by atoms with Gasteiger partial charge in [-0.25, -0.2) is 0 Å². The van der Waals surface area contributed by atoms with Gasteiger partial charge in [0.15, 0.2) is 0 Å². The molecule has 0 saturated carbocycles. The summed E-state index contributed by atoms with van der Waals surface area (Å²) >= 11 is 7.37. The summed E-state index contributed by atoms with van der Waals surface area (Å²) in [6, 6.07) is 15.8. The van der Waals surface area contributed by atoms with Crippen LogP contribution in [0.4, 0.5) is 11.4 Å². The van der Waals surface area contributed by atoms with Crippen molar-refractivity contribution < 1.29 is 9.72 Å². The molecule has 0 N–H and O–H groups in total. The molecule has 2 heterocycles. The summed E-state index contributed by atoms with van der Waals surface area (Å²) < 4.78 is 0. The Kier molecular flexibility index (Phi) is 5.18. The van der Waals surface area contributed by atoms with E-state index in [4.69, 9.17) is 11.6 Å². The van der Waals surface area contributed by atoms with Gasteiger partial charge in [0.25, 0.3) is 5.69 Å². The molecule has 0 aromatic heterocycles. The Labute approximate surface area is 176 Å². The van der Waals surface area contributed by atoms with Crippen molar-refractivity contribution in [3.8, 4) is 6.07 Å². The fourth-order valence-corrected chi connectivity index (χ4v) is 4.81. The monoisotopic (exact) mass is 426 g/mol. The molecule has 0 aliphatic carbocycles. The quantitative estimate of drug-likeness (QED) is 0.531. The van der Waals surface area contributed by atoms with Crippen LogP contribution in [0.2, 0.25) is 5.02 Å². The number of fused-ring (bicyclic) bond motifs is 1. The number of nitro groups is 1. The third-order valence-corrected chi connectivity index (χ3v) is 6.38. The molecule has 4 rings (SSSR count). The molecule has 1 unspecified atom stereocenters. The van der Waals surface area contributed by atoms with E-state index in [1.54, 1.807) is 29.2 Å². The zero-order valence-corrected chi connectivity index (χ0v) is 16.7. The normalized spacial score (nSPS) is 19.0. The van der Waals surface area contributed by atoms with Crippen LogP contribution in [0.3, 0.4) is 0 Å². The maximum atomic E-state index is 12.9.